The van der Waals surface area contributed by atoms with Gasteiger partial charge in [-0.3, -0.25) is 4.79 Å². The summed E-state index contributed by atoms with van der Waals surface area (Å²) in [5.41, 5.74) is -0.449. The molecular formula is C13H15F2NO3. The van der Waals surface area contributed by atoms with Gasteiger partial charge in [-0.05, 0) is 24.1 Å². The van der Waals surface area contributed by atoms with Crippen LogP contribution in [0.2, 0.25) is 0 Å². The Morgan fingerprint density at radius 2 is 1.89 bits per heavy atom. The Hall–Kier alpha value is -1.98. The molecule has 0 radical (unpaired) electrons. The first-order chi connectivity index (χ1) is 8.86. The van der Waals surface area contributed by atoms with Crippen LogP contribution in [0.5, 0.6) is 0 Å². The Morgan fingerprint density at radius 3 is 2.42 bits per heavy atom. The summed E-state index contributed by atoms with van der Waals surface area (Å²) >= 11 is 0. The summed E-state index contributed by atoms with van der Waals surface area (Å²) in [6.07, 6.45) is 0. The fourth-order valence-electron chi connectivity index (χ4n) is 1.52. The molecule has 0 fully saturated rings. The Bertz CT molecular complexity index is 489. The number of nitrogens with one attached hydrogen (secondary N) is 1. The molecule has 0 aliphatic heterocycles. The molecule has 4 nitrogen and oxygen atoms in total. The predicted octanol–water partition coefficient (Wildman–Crippen LogP) is 1.89. The van der Waals surface area contributed by atoms with Crippen molar-refractivity contribution < 1.29 is 23.1 Å². The van der Waals surface area contributed by atoms with Crippen LogP contribution >= 0.6 is 0 Å². The molecule has 0 saturated heterocycles. The van der Waals surface area contributed by atoms with Crippen LogP contribution in [0.1, 0.15) is 24.2 Å². The highest BCUT2D eigenvalue weighted by atomic mass is 19.1. The smallest absolute Gasteiger partial charge is 0.328 e. The second kappa shape index (κ2) is 6.26. The molecule has 1 aromatic rings. The van der Waals surface area contributed by atoms with Gasteiger partial charge in [0.1, 0.15) is 17.7 Å². The molecule has 0 spiro atoms. The number of rotatable bonds is 4. The van der Waals surface area contributed by atoms with Crippen LogP contribution in [0.3, 0.4) is 0 Å². The fraction of sp³-hybridized carbons (Fsp3) is 0.385. The summed E-state index contributed by atoms with van der Waals surface area (Å²) in [5.74, 6) is -3.33. The number of benzene rings is 1. The van der Waals surface area contributed by atoms with Crippen LogP contribution in [0.15, 0.2) is 18.2 Å². The monoisotopic (exact) mass is 271 g/mol. The van der Waals surface area contributed by atoms with Crippen LogP contribution in [-0.4, -0.2) is 25.0 Å². The summed E-state index contributed by atoms with van der Waals surface area (Å²) in [4.78, 5) is 23.3. The van der Waals surface area contributed by atoms with Crippen LogP contribution in [0.4, 0.5) is 8.78 Å². The third-order valence-electron chi connectivity index (χ3n) is 2.58. The number of halogens is 2. The zero-order valence-electron chi connectivity index (χ0n) is 10.9. The molecule has 0 heterocycles. The van der Waals surface area contributed by atoms with Gasteiger partial charge < -0.3 is 10.1 Å². The molecule has 0 aliphatic rings. The number of methoxy groups -OCH3 is 1. The molecule has 1 rings (SSSR count). The van der Waals surface area contributed by atoms with Gasteiger partial charge in [-0.15, -0.1) is 0 Å². The minimum atomic E-state index is -0.917. The SMILES string of the molecule is COC(=O)C(NC(=O)c1cc(F)ccc1F)C(C)C. The lowest BCUT2D eigenvalue weighted by Crippen LogP contribution is -2.45. The number of hydrogen-bond donors (Lipinski definition) is 1. The number of carbonyl (C=O) groups excluding carboxylic acids is 2. The van der Waals surface area contributed by atoms with Gasteiger partial charge in [0.05, 0.1) is 12.7 Å². The summed E-state index contributed by atoms with van der Waals surface area (Å²) in [5, 5.41) is 2.33. The van der Waals surface area contributed by atoms with Crippen LogP contribution in [0, 0.1) is 17.6 Å². The van der Waals surface area contributed by atoms with E-state index in [-0.39, 0.29) is 5.92 Å². The average molecular weight is 271 g/mol. The molecule has 0 bridgehead atoms. The maximum absolute atomic E-state index is 13.4. The summed E-state index contributed by atoms with van der Waals surface area (Å²) < 4.78 is 30.9. The van der Waals surface area contributed by atoms with Crippen molar-refractivity contribution in [3.63, 3.8) is 0 Å². The van der Waals surface area contributed by atoms with Crippen molar-refractivity contribution in [3.8, 4) is 0 Å². The Kier molecular flexibility index (Phi) is 4.97. The molecule has 0 aliphatic carbocycles. The fourth-order valence-corrected chi connectivity index (χ4v) is 1.52. The minimum absolute atomic E-state index is 0.243. The largest absolute Gasteiger partial charge is 0.467 e. The van der Waals surface area contributed by atoms with Gasteiger partial charge in [-0.1, -0.05) is 13.8 Å². The Balaban J connectivity index is 2.94. The van der Waals surface area contributed by atoms with Crippen LogP contribution in [0.25, 0.3) is 0 Å². The average Bonchev–Trinajstić information content (AvgIpc) is 2.37. The molecule has 104 valence electrons. The lowest BCUT2D eigenvalue weighted by Gasteiger charge is -2.19. The molecule has 1 aromatic carbocycles. The lowest BCUT2D eigenvalue weighted by atomic mass is 10.0. The second-order valence-electron chi connectivity index (χ2n) is 4.34. The van der Waals surface area contributed by atoms with Gasteiger partial charge in [0.25, 0.3) is 5.91 Å². The maximum Gasteiger partial charge on any atom is 0.328 e. The summed E-state index contributed by atoms with van der Waals surface area (Å²) in [7, 11) is 1.19. The van der Waals surface area contributed by atoms with Crippen LogP contribution < -0.4 is 5.32 Å². The van der Waals surface area contributed by atoms with E-state index >= 15 is 0 Å². The Labute approximate surface area is 109 Å². The van der Waals surface area contributed by atoms with Gasteiger partial charge in [0.2, 0.25) is 0 Å². The normalized spacial score (nSPS) is 12.1. The van der Waals surface area contributed by atoms with E-state index in [4.69, 9.17) is 0 Å². The topological polar surface area (TPSA) is 55.4 Å². The van der Waals surface area contributed by atoms with Gasteiger partial charge in [-0.25, -0.2) is 13.6 Å². The van der Waals surface area contributed by atoms with Crippen molar-refractivity contribution >= 4 is 11.9 Å². The van der Waals surface area contributed by atoms with E-state index in [0.717, 1.165) is 18.2 Å². The third-order valence-corrected chi connectivity index (χ3v) is 2.58. The number of esters is 1. The highest BCUT2D eigenvalue weighted by Gasteiger charge is 2.26. The minimum Gasteiger partial charge on any atom is -0.467 e. The molecule has 6 heteroatoms. The van der Waals surface area contributed by atoms with E-state index in [0.29, 0.717) is 0 Å². The van der Waals surface area contributed by atoms with E-state index in [2.05, 4.69) is 10.1 Å². The first kappa shape index (κ1) is 15.1. The number of carbonyl (C=O) groups is 2. The standard InChI is InChI=1S/C13H15F2NO3/c1-7(2)11(13(18)19-3)16-12(17)9-6-8(14)4-5-10(9)15/h4-7,11H,1-3H3,(H,16,17). The highest BCUT2D eigenvalue weighted by molar-refractivity contribution is 5.97. The van der Waals surface area contributed by atoms with E-state index < -0.39 is 35.1 Å². The third kappa shape index (κ3) is 3.74. The second-order valence-corrected chi connectivity index (χ2v) is 4.34. The van der Waals surface area contributed by atoms with Crippen molar-refractivity contribution in [1.82, 2.24) is 5.32 Å². The van der Waals surface area contributed by atoms with Crippen LogP contribution in [-0.2, 0) is 9.53 Å². The van der Waals surface area contributed by atoms with E-state index in [9.17, 15) is 18.4 Å². The van der Waals surface area contributed by atoms with Crippen molar-refractivity contribution in [1.29, 1.82) is 0 Å². The van der Waals surface area contributed by atoms with E-state index in [1.807, 2.05) is 0 Å². The molecule has 0 saturated carbocycles. The first-order valence-electron chi connectivity index (χ1n) is 5.70. The number of ether oxygens (including phenoxy) is 1. The van der Waals surface area contributed by atoms with E-state index in [1.54, 1.807) is 13.8 Å². The number of hydrogen-bond acceptors (Lipinski definition) is 3. The lowest BCUT2D eigenvalue weighted by molar-refractivity contribution is -0.144. The van der Waals surface area contributed by atoms with Gasteiger partial charge in [0.15, 0.2) is 0 Å². The van der Waals surface area contributed by atoms with Crippen molar-refractivity contribution in [2.75, 3.05) is 7.11 Å². The predicted molar refractivity (Wildman–Crippen MR) is 64.5 cm³/mol. The van der Waals surface area contributed by atoms with E-state index in [1.165, 1.54) is 7.11 Å². The van der Waals surface area contributed by atoms with Gasteiger partial charge in [-0.2, -0.15) is 0 Å². The van der Waals surface area contributed by atoms with Gasteiger partial charge in [0, 0.05) is 0 Å². The highest BCUT2D eigenvalue weighted by Crippen LogP contribution is 2.11. The van der Waals surface area contributed by atoms with Crippen molar-refractivity contribution in [2.24, 2.45) is 5.92 Å². The molecule has 19 heavy (non-hydrogen) atoms. The maximum atomic E-state index is 13.4. The van der Waals surface area contributed by atoms with Crippen molar-refractivity contribution in [2.45, 2.75) is 19.9 Å². The molecule has 0 aromatic heterocycles. The number of amides is 1. The summed E-state index contributed by atoms with van der Waals surface area (Å²) in [6.45, 7) is 3.40. The van der Waals surface area contributed by atoms with Gasteiger partial charge >= 0.3 is 5.97 Å². The zero-order valence-corrected chi connectivity index (χ0v) is 10.9. The Morgan fingerprint density at radius 1 is 1.26 bits per heavy atom. The quantitative estimate of drug-likeness (QED) is 0.851. The zero-order chi connectivity index (χ0) is 14.6. The van der Waals surface area contributed by atoms with Crippen molar-refractivity contribution in [3.05, 3.63) is 35.4 Å². The summed E-state index contributed by atoms with van der Waals surface area (Å²) in [6, 6.07) is 1.62. The molecular weight excluding hydrogens is 256 g/mol. The molecule has 1 atom stereocenters. The molecule has 1 N–H and O–H groups in total. The molecule has 1 amide bonds. The first-order valence-corrected chi connectivity index (χ1v) is 5.70. The molecule has 1 unspecified atom stereocenters.